The Morgan fingerprint density at radius 3 is 2.13 bits per heavy atom. The molecular formula is C36H41N3O5S. The van der Waals surface area contributed by atoms with E-state index in [-0.39, 0.29) is 17.3 Å². The van der Waals surface area contributed by atoms with E-state index in [1.165, 1.54) is 17.0 Å². The highest BCUT2D eigenvalue weighted by Crippen LogP contribution is 2.29. The first-order valence-electron chi connectivity index (χ1n) is 15.1. The highest BCUT2D eigenvalue weighted by Gasteiger charge is 2.32. The Labute approximate surface area is 266 Å². The summed E-state index contributed by atoms with van der Waals surface area (Å²) in [6.45, 7) is 7.67. The van der Waals surface area contributed by atoms with Crippen LogP contribution >= 0.6 is 0 Å². The first-order valence-corrected chi connectivity index (χ1v) is 16.6. The molecule has 0 saturated carbocycles. The van der Waals surface area contributed by atoms with Gasteiger partial charge >= 0.3 is 0 Å². The summed E-state index contributed by atoms with van der Waals surface area (Å²) >= 11 is 0. The van der Waals surface area contributed by atoms with Crippen molar-refractivity contribution in [1.29, 1.82) is 0 Å². The Kier molecular flexibility index (Phi) is 11.4. The van der Waals surface area contributed by atoms with E-state index in [2.05, 4.69) is 5.32 Å². The number of amides is 2. The van der Waals surface area contributed by atoms with Gasteiger partial charge in [0.15, 0.2) is 0 Å². The predicted molar refractivity (Wildman–Crippen MR) is 178 cm³/mol. The maximum absolute atomic E-state index is 14.1. The van der Waals surface area contributed by atoms with Crippen LogP contribution in [0.1, 0.15) is 43.4 Å². The SMILES string of the molecule is CCCCNC(=O)[C@H](C)N(Cc1cccc(C)c1)C(=O)CN(c1ccc(Oc2ccccc2)cc1)S(=O)(=O)c1ccc(C)cc1. The Balaban J connectivity index is 1.69. The number of para-hydroxylation sites is 1. The van der Waals surface area contributed by atoms with Crippen molar-refractivity contribution in [3.05, 3.63) is 120 Å². The van der Waals surface area contributed by atoms with Crippen molar-refractivity contribution in [3.8, 4) is 11.5 Å². The zero-order chi connectivity index (χ0) is 32.4. The number of aryl methyl sites for hydroxylation is 2. The quantitative estimate of drug-likeness (QED) is 0.159. The number of nitrogens with zero attached hydrogens (tertiary/aromatic N) is 2. The lowest BCUT2D eigenvalue weighted by Crippen LogP contribution is -2.51. The molecule has 0 aliphatic rings. The Morgan fingerprint density at radius 2 is 1.49 bits per heavy atom. The third-order valence-electron chi connectivity index (χ3n) is 7.42. The Bertz CT molecular complexity index is 1670. The molecule has 0 aromatic heterocycles. The highest BCUT2D eigenvalue weighted by molar-refractivity contribution is 7.92. The number of hydrogen-bond donors (Lipinski definition) is 1. The third kappa shape index (κ3) is 8.95. The molecule has 45 heavy (non-hydrogen) atoms. The van der Waals surface area contributed by atoms with Gasteiger partial charge in [0.2, 0.25) is 11.8 Å². The van der Waals surface area contributed by atoms with Gasteiger partial charge in [-0.25, -0.2) is 8.42 Å². The number of anilines is 1. The van der Waals surface area contributed by atoms with Crippen LogP contribution in [0.4, 0.5) is 5.69 Å². The summed E-state index contributed by atoms with van der Waals surface area (Å²) in [4.78, 5) is 28.8. The lowest BCUT2D eigenvalue weighted by molar-refractivity contribution is -0.139. The van der Waals surface area contributed by atoms with Crippen LogP contribution in [0.2, 0.25) is 0 Å². The summed E-state index contributed by atoms with van der Waals surface area (Å²) in [5.41, 5.74) is 3.05. The largest absolute Gasteiger partial charge is 0.457 e. The second-order valence-electron chi connectivity index (χ2n) is 11.1. The maximum atomic E-state index is 14.1. The van der Waals surface area contributed by atoms with Crippen molar-refractivity contribution < 1.29 is 22.7 Å². The molecule has 2 amide bonds. The van der Waals surface area contributed by atoms with Gasteiger partial charge in [-0.2, -0.15) is 0 Å². The first-order chi connectivity index (χ1) is 21.6. The second-order valence-corrected chi connectivity index (χ2v) is 12.9. The summed E-state index contributed by atoms with van der Waals surface area (Å²) in [7, 11) is -4.17. The van der Waals surface area contributed by atoms with Gasteiger partial charge in [0.1, 0.15) is 24.1 Å². The van der Waals surface area contributed by atoms with Crippen molar-refractivity contribution in [2.75, 3.05) is 17.4 Å². The summed E-state index contributed by atoms with van der Waals surface area (Å²) in [6, 6.07) is 29.2. The van der Waals surface area contributed by atoms with Gasteiger partial charge in [-0.3, -0.25) is 13.9 Å². The number of sulfonamides is 1. The maximum Gasteiger partial charge on any atom is 0.264 e. The molecule has 0 aliphatic heterocycles. The molecule has 236 valence electrons. The zero-order valence-corrected chi connectivity index (χ0v) is 27.1. The van der Waals surface area contributed by atoms with E-state index in [1.54, 1.807) is 43.3 Å². The summed E-state index contributed by atoms with van der Waals surface area (Å²) in [5, 5.41) is 2.91. The number of carbonyl (C=O) groups is 2. The molecule has 4 aromatic rings. The molecule has 4 rings (SSSR count). The van der Waals surface area contributed by atoms with Gasteiger partial charge in [-0.1, -0.05) is 79.1 Å². The van der Waals surface area contributed by atoms with Crippen LogP contribution in [0.25, 0.3) is 0 Å². The van der Waals surface area contributed by atoms with E-state index in [4.69, 9.17) is 4.74 Å². The van der Waals surface area contributed by atoms with Crippen LogP contribution in [0.3, 0.4) is 0 Å². The van der Waals surface area contributed by atoms with Crippen LogP contribution in [-0.2, 0) is 26.2 Å². The van der Waals surface area contributed by atoms with E-state index < -0.39 is 28.5 Å². The molecule has 0 saturated heterocycles. The number of carbonyl (C=O) groups excluding carboxylic acids is 2. The van der Waals surface area contributed by atoms with Crippen LogP contribution in [-0.4, -0.2) is 44.3 Å². The molecular weight excluding hydrogens is 586 g/mol. The fourth-order valence-corrected chi connectivity index (χ4v) is 6.21. The van der Waals surface area contributed by atoms with Gasteiger partial charge in [0, 0.05) is 13.1 Å². The van der Waals surface area contributed by atoms with E-state index in [0.29, 0.717) is 23.7 Å². The molecule has 1 N–H and O–H groups in total. The average molecular weight is 628 g/mol. The standard InChI is InChI=1S/C36H41N3O5S/c1-5-6-23-37-36(41)29(4)38(25-30-12-10-11-28(3)24-30)35(40)26-39(45(42,43)34-21-15-27(2)16-22-34)31-17-19-33(20-18-31)44-32-13-8-7-9-14-32/h7-22,24,29H,5-6,23,25-26H2,1-4H3,(H,37,41)/t29-/m0/s1. The minimum Gasteiger partial charge on any atom is -0.457 e. The van der Waals surface area contributed by atoms with Crippen molar-refractivity contribution >= 4 is 27.5 Å². The van der Waals surface area contributed by atoms with Gasteiger partial charge in [-0.05, 0) is 81.3 Å². The van der Waals surface area contributed by atoms with Crippen molar-refractivity contribution in [2.24, 2.45) is 0 Å². The lowest BCUT2D eigenvalue weighted by atomic mass is 10.1. The fraction of sp³-hybridized carbons (Fsp3) is 0.278. The smallest absolute Gasteiger partial charge is 0.264 e. The zero-order valence-electron chi connectivity index (χ0n) is 26.3. The molecule has 0 radical (unpaired) electrons. The van der Waals surface area contributed by atoms with Crippen molar-refractivity contribution in [3.63, 3.8) is 0 Å². The summed E-state index contributed by atoms with van der Waals surface area (Å²) in [5.74, 6) is 0.361. The van der Waals surface area contributed by atoms with E-state index in [9.17, 15) is 18.0 Å². The molecule has 9 heteroatoms. The minimum absolute atomic E-state index is 0.0566. The fourth-order valence-electron chi connectivity index (χ4n) is 4.80. The molecule has 0 heterocycles. The van der Waals surface area contributed by atoms with E-state index in [0.717, 1.165) is 33.8 Å². The topological polar surface area (TPSA) is 96.0 Å². The molecule has 0 bridgehead atoms. The summed E-state index contributed by atoms with van der Waals surface area (Å²) in [6.07, 6.45) is 1.73. The second kappa shape index (κ2) is 15.4. The number of nitrogens with one attached hydrogen (secondary N) is 1. The van der Waals surface area contributed by atoms with Crippen LogP contribution in [0.15, 0.2) is 108 Å². The molecule has 1 atom stereocenters. The first kappa shape index (κ1) is 33.3. The normalized spacial score (nSPS) is 11.8. The van der Waals surface area contributed by atoms with E-state index in [1.807, 2.05) is 75.4 Å². The van der Waals surface area contributed by atoms with Crippen LogP contribution in [0, 0.1) is 13.8 Å². The average Bonchev–Trinajstić information content (AvgIpc) is 3.03. The number of unbranched alkanes of at least 4 members (excludes halogenated alkanes) is 1. The molecule has 4 aromatic carbocycles. The van der Waals surface area contributed by atoms with Gasteiger partial charge in [-0.15, -0.1) is 0 Å². The minimum atomic E-state index is -4.17. The lowest BCUT2D eigenvalue weighted by Gasteiger charge is -2.32. The van der Waals surface area contributed by atoms with Crippen LogP contribution < -0.4 is 14.4 Å². The van der Waals surface area contributed by atoms with Gasteiger partial charge < -0.3 is 15.0 Å². The molecule has 0 fully saturated rings. The third-order valence-corrected chi connectivity index (χ3v) is 9.21. The summed E-state index contributed by atoms with van der Waals surface area (Å²) < 4.78 is 35.2. The van der Waals surface area contributed by atoms with Gasteiger partial charge in [0.25, 0.3) is 10.0 Å². The number of benzene rings is 4. The van der Waals surface area contributed by atoms with E-state index >= 15 is 0 Å². The number of hydrogen-bond acceptors (Lipinski definition) is 5. The molecule has 0 aliphatic carbocycles. The number of ether oxygens (including phenoxy) is 1. The number of rotatable bonds is 14. The van der Waals surface area contributed by atoms with Crippen molar-refractivity contribution in [1.82, 2.24) is 10.2 Å². The molecule has 0 unspecified atom stereocenters. The predicted octanol–water partition coefficient (Wildman–Crippen LogP) is 6.62. The van der Waals surface area contributed by atoms with Crippen molar-refractivity contribution in [2.45, 2.75) is 58.0 Å². The Morgan fingerprint density at radius 1 is 0.822 bits per heavy atom. The van der Waals surface area contributed by atoms with Gasteiger partial charge in [0.05, 0.1) is 10.6 Å². The monoisotopic (exact) mass is 627 g/mol. The highest BCUT2D eigenvalue weighted by atomic mass is 32.2. The molecule has 0 spiro atoms. The van der Waals surface area contributed by atoms with Crippen LogP contribution in [0.5, 0.6) is 11.5 Å². The Hall–Kier alpha value is -4.63. The molecule has 8 nitrogen and oxygen atoms in total.